The Balaban J connectivity index is 2.48. The molecule has 0 aromatic heterocycles. The molecule has 0 spiro atoms. The van der Waals surface area contributed by atoms with Gasteiger partial charge in [0.25, 0.3) is 0 Å². The summed E-state index contributed by atoms with van der Waals surface area (Å²) < 4.78 is 62.9. The van der Waals surface area contributed by atoms with E-state index in [1.807, 2.05) is 0 Å². The number of aryl methyl sites for hydroxylation is 1. The fourth-order valence-corrected chi connectivity index (χ4v) is 3.65. The van der Waals surface area contributed by atoms with Gasteiger partial charge < -0.3 is 11.1 Å². The number of hydrogen-bond donors (Lipinski definition) is 2. The molecule has 1 aromatic carbocycles. The topological polar surface area (TPSA) is 92.5 Å². The molecule has 1 atom stereocenters. The molecule has 0 bridgehead atoms. The van der Waals surface area contributed by atoms with Crippen LogP contribution in [0.3, 0.4) is 0 Å². The van der Waals surface area contributed by atoms with Crippen LogP contribution in [0.25, 0.3) is 0 Å². The molecule has 1 unspecified atom stereocenters. The minimum atomic E-state index is -5.57. The van der Waals surface area contributed by atoms with E-state index in [0.717, 1.165) is 0 Å². The average molecular weight is 337 g/mol. The van der Waals surface area contributed by atoms with Crippen molar-refractivity contribution in [3.05, 3.63) is 29.8 Å². The average Bonchev–Trinajstić information content (AvgIpc) is 2.42. The Bertz CT molecular complexity index is 676. The van der Waals surface area contributed by atoms with Crippen LogP contribution < -0.4 is 15.4 Å². The molecule has 22 heavy (non-hydrogen) atoms. The number of amides is 2. The van der Waals surface area contributed by atoms with Gasteiger partial charge in [0.05, 0.1) is 11.7 Å². The first-order chi connectivity index (χ1) is 10.1. The number of hydrogen-bond acceptors (Lipinski definition) is 3. The van der Waals surface area contributed by atoms with Crippen molar-refractivity contribution in [3.8, 4) is 0 Å². The summed E-state index contributed by atoms with van der Waals surface area (Å²) >= 11 is 0. The van der Waals surface area contributed by atoms with Gasteiger partial charge in [-0.05, 0) is 24.5 Å². The number of fused-ring (bicyclic) bond motifs is 1. The second-order valence-electron chi connectivity index (χ2n) is 4.81. The summed E-state index contributed by atoms with van der Waals surface area (Å²) in [5, 5.41) is 2.16. The van der Waals surface area contributed by atoms with Gasteiger partial charge in [-0.3, -0.25) is 4.31 Å². The lowest BCUT2D eigenvalue weighted by Gasteiger charge is -2.37. The number of para-hydroxylation sites is 1. The fourth-order valence-electron chi connectivity index (χ4n) is 2.41. The zero-order valence-electron chi connectivity index (χ0n) is 11.3. The molecular formula is C12H14F3N3O3S. The van der Waals surface area contributed by atoms with E-state index in [1.54, 1.807) is 12.1 Å². The maximum atomic E-state index is 12.9. The van der Waals surface area contributed by atoms with Crippen molar-refractivity contribution in [2.45, 2.75) is 24.4 Å². The fraction of sp³-hybridized carbons (Fsp3) is 0.417. The van der Waals surface area contributed by atoms with Gasteiger partial charge in [0.2, 0.25) is 0 Å². The number of sulfonamides is 1. The van der Waals surface area contributed by atoms with Crippen LogP contribution in [0, 0.1) is 0 Å². The highest BCUT2D eigenvalue weighted by molar-refractivity contribution is 7.93. The smallest absolute Gasteiger partial charge is 0.352 e. The van der Waals surface area contributed by atoms with E-state index in [2.05, 4.69) is 5.32 Å². The number of halogens is 3. The molecule has 1 aliphatic rings. The third kappa shape index (κ3) is 2.96. The Morgan fingerprint density at radius 3 is 2.59 bits per heavy atom. The highest BCUT2D eigenvalue weighted by Gasteiger charge is 2.53. The Kier molecular flexibility index (Phi) is 4.23. The van der Waals surface area contributed by atoms with Gasteiger partial charge in [-0.25, -0.2) is 4.79 Å². The lowest BCUT2D eigenvalue weighted by molar-refractivity contribution is -0.0441. The van der Waals surface area contributed by atoms with Crippen LogP contribution >= 0.6 is 0 Å². The number of primary amides is 1. The van der Waals surface area contributed by atoms with E-state index in [0.29, 0.717) is 16.3 Å². The van der Waals surface area contributed by atoms with E-state index in [1.165, 1.54) is 12.1 Å². The third-order valence-electron chi connectivity index (χ3n) is 3.37. The van der Waals surface area contributed by atoms with Gasteiger partial charge in [-0.2, -0.15) is 21.6 Å². The maximum Gasteiger partial charge on any atom is 0.516 e. The largest absolute Gasteiger partial charge is 0.516 e. The van der Waals surface area contributed by atoms with Gasteiger partial charge >= 0.3 is 21.6 Å². The summed E-state index contributed by atoms with van der Waals surface area (Å²) in [6.45, 7) is -0.293. The van der Waals surface area contributed by atoms with Crippen LogP contribution in [0.1, 0.15) is 12.0 Å². The molecule has 2 rings (SSSR count). The Hall–Kier alpha value is -1.97. The number of nitrogens with one attached hydrogen (secondary N) is 1. The minimum absolute atomic E-state index is 0.0256. The number of nitrogens with zero attached hydrogens (tertiary/aromatic N) is 1. The third-order valence-corrected chi connectivity index (χ3v) is 4.97. The number of anilines is 1. The minimum Gasteiger partial charge on any atom is -0.352 e. The molecule has 10 heteroatoms. The predicted molar refractivity (Wildman–Crippen MR) is 73.6 cm³/mol. The zero-order chi connectivity index (χ0) is 16.5. The first-order valence-corrected chi connectivity index (χ1v) is 7.80. The molecule has 0 saturated carbocycles. The number of carbonyl (C=O) groups excluding carboxylic acids is 1. The van der Waals surface area contributed by atoms with Crippen LogP contribution in [0.4, 0.5) is 23.7 Å². The standard InChI is InChI=1S/C12H14F3N3O3S/c13-12(14,15)22(20,21)18-9(7-17-11(16)19)6-5-8-3-1-2-4-10(8)18/h1-4,9H,5-7H2,(H3,16,17,19). The van der Waals surface area contributed by atoms with Crippen molar-refractivity contribution in [3.63, 3.8) is 0 Å². The van der Waals surface area contributed by atoms with Crippen molar-refractivity contribution in [1.29, 1.82) is 0 Å². The second-order valence-corrected chi connectivity index (χ2v) is 6.62. The number of urea groups is 1. The first kappa shape index (κ1) is 16.4. The Morgan fingerprint density at radius 1 is 1.36 bits per heavy atom. The van der Waals surface area contributed by atoms with Gasteiger partial charge in [-0.15, -0.1) is 0 Å². The van der Waals surface area contributed by atoms with E-state index >= 15 is 0 Å². The summed E-state index contributed by atoms with van der Waals surface area (Å²) in [6, 6.07) is 4.00. The van der Waals surface area contributed by atoms with Crippen molar-refractivity contribution >= 4 is 21.7 Å². The summed E-state index contributed by atoms with van der Waals surface area (Å²) in [6.07, 6.45) is 0.553. The van der Waals surface area contributed by atoms with Crippen LogP contribution in [-0.2, 0) is 16.4 Å². The van der Waals surface area contributed by atoms with Gasteiger partial charge in [0.15, 0.2) is 0 Å². The summed E-state index contributed by atoms with van der Waals surface area (Å²) in [4.78, 5) is 10.8. The van der Waals surface area contributed by atoms with Crippen LogP contribution in [0.2, 0.25) is 0 Å². The van der Waals surface area contributed by atoms with Crippen molar-refractivity contribution in [2.75, 3.05) is 10.8 Å². The first-order valence-electron chi connectivity index (χ1n) is 6.36. The molecule has 1 aromatic rings. The second kappa shape index (κ2) is 5.67. The molecule has 3 N–H and O–H groups in total. The SMILES string of the molecule is NC(=O)NCC1CCc2ccccc2N1S(=O)(=O)C(F)(F)F. The summed E-state index contributed by atoms with van der Waals surface area (Å²) in [5.74, 6) is 0. The number of alkyl halides is 3. The van der Waals surface area contributed by atoms with Crippen molar-refractivity contribution in [2.24, 2.45) is 5.73 Å². The molecule has 1 heterocycles. The zero-order valence-corrected chi connectivity index (χ0v) is 12.1. The Labute approximate surface area is 125 Å². The highest BCUT2D eigenvalue weighted by Crippen LogP contribution is 2.38. The normalized spacial score (nSPS) is 18.7. The Morgan fingerprint density at radius 2 is 2.00 bits per heavy atom. The van der Waals surface area contributed by atoms with Gasteiger partial charge in [0, 0.05) is 6.54 Å². The number of rotatable bonds is 3. The van der Waals surface area contributed by atoms with E-state index in [9.17, 15) is 26.4 Å². The van der Waals surface area contributed by atoms with E-state index in [-0.39, 0.29) is 18.7 Å². The predicted octanol–water partition coefficient (Wildman–Crippen LogP) is 1.33. The van der Waals surface area contributed by atoms with Crippen molar-refractivity contribution in [1.82, 2.24) is 5.32 Å². The van der Waals surface area contributed by atoms with E-state index in [4.69, 9.17) is 5.73 Å². The quantitative estimate of drug-likeness (QED) is 0.871. The molecule has 0 radical (unpaired) electrons. The van der Waals surface area contributed by atoms with Crippen LogP contribution in [-0.4, -0.2) is 32.5 Å². The summed E-state index contributed by atoms with van der Waals surface area (Å²) in [5.41, 5.74) is -0.0442. The van der Waals surface area contributed by atoms with Crippen LogP contribution in [0.15, 0.2) is 24.3 Å². The number of benzene rings is 1. The van der Waals surface area contributed by atoms with Crippen molar-refractivity contribution < 1.29 is 26.4 Å². The molecule has 6 nitrogen and oxygen atoms in total. The van der Waals surface area contributed by atoms with Gasteiger partial charge in [0.1, 0.15) is 0 Å². The molecule has 122 valence electrons. The van der Waals surface area contributed by atoms with Crippen LogP contribution in [0.5, 0.6) is 0 Å². The molecule has 2 amide bonds. The number of carbonyl (C=O) groups is 1. The number of nitrogens with two attached hydrogens (primary N) is 1. The molecule has 0 fully saturated rings. The maximum absolute atomic E-state index is 12.9. The highest BCUT2D eigenvalue weighted by atomic mass is 32.2. The molecule has 1 aliphatic heterocycles. The summed E-state index contributed by atoms with van der Waals surface area (Å²) in [7, 11) is -5.57. The molecule has 0 saturated heterocycles. The molecular weight excluding hydrogens is 323 g/mol. The van der Waals surface area contributed by atoms with Gasteiger partial charge in [-0.1, -0.05) is 18.2 Å². The lowest BCUT2D eigenvalue weighted by Crippen LogP contribution is -2.53. The monoisotopic (exact) mass is 337 g/mol. The molecule has 0 aliphatic carbocycles. The lowest BCUT2D eigenvalue weighted by atomic mass is 9.98. The van der Waals surface area contributed by atoms with E-state index < -0.39 is 27.6 Å².